The van der Waals surface area contributed by atoms with Gasteiger partial charge in [0.05, 0.1) is 16.9 Å². The minimum atomic E-state index is -0.931. The number of halogens is 2. The van der Waals surface area contributed by atoms with Gasteiger partial charge in [-0.1, -0.05) is 18.7 Å². The van der Waals surface area contributed by atoms with Crippen molar-refractivity contribution in [3.05, 3.63) is 94.1 Å². The van der Waals surface area contributed by atoms with Crippen LogP contribution in [0.2, 0.25) is 0 Å². The number of anilines is 2. The zero-order valence-electron chi connectivity index (χ0n) is 17.9. The molecule has 1 atom stereocenters. The zero-order valence-corrected chi connectivity index (χ0v) is 18.7. The average Bonchev–Trinajstić information content (AvgIpc) is 3.36. The zero-order chi connectivity index (χ0) is 23.3. The van der Waals surface area contributed by atoms with E-state index in [1.54, 1.807) is 30.5 Å². The molecule has 1 aliphatic rings. The molecule has 9 heteroatoms. The van der Waals surface area contributed by atoms with Gasteiger partial charge in [-0.2, -0.15) is 4.39 Å². The van der Waals surface area contributed by atoms with Gasteiger partial charge in [-0.15, -0.1) is 11.3 Å². The first-order chi connectivity index (χ1) is 15.8. The quantitative estimate of drug-likeness (QED) is 0.345. The third kappa shape index (κ3) is 3.32. The highest BCUT2D eigenvalue weighted by atomic mass is 32.1. The second kappa shape index (κ2) is 7.63. The topological polar surface area (TPSA) is 92.5 Å². The van der Waals surface area contributed by atoms with Crippen molar-refractivity contribution < 1.29 is 8.78 Å². The number of aromatic amines is 1. The SMILES string of the molecule is C=C/C=C(/c1ccc(F)s1)c1nc(C2(C)Nc3ncc(-c4cncc(N)c4)c(F)c32)[nH]c1C. The number of thiophene rings is 1. The molecule has 0 radical (unpaired) electrons. The first kappa shape index (κ1) is 21.0. The smallest absolute Gasteiger partial charge is 0.176 e. The van der Waals surface area contributed by atoms with E-state index in [4.69, 9.17) is 10.7 Å². The molecule has 166 valence electrons. The summed E-state index contributed by atoms with van der Waals surface area (Å²) in [5.41, 5.74) is 8.75. The number of aryl methyl sites for hydroxylation is 1. The number of H-pyrrole nitrogens is 1. The normalized spacial score (nSPS) is 17.3. The van der Waals surface area contributed by atoms with Gasteiger partial charge in [-0.05, 0) is 32.0 Å². The third-order valence-corrected chi connectivity index (χ3v) is 6.60. The maximum absolute atomic E-state index is 15.7. The van der Waals surface area contributed by atoms with Crippen LogP contribution >= 0.6 is 11.3 Å². The molecular formula is C24H20F2N6S. The van der Waals surface area contributed by atoms with E-state index in [1.807, 2.05) is 13.8 Å². The number of nitrogens with two attached hydrogens (primary N) is 1. The lowest BCUT2D eigenvalue weighted by atomic mass is 9.82. The lowest BCUT2D eigenvalue weighted by Crippen LogP contribution is -2.45. The number of nitrogens with one attached hydrogen (secondary N) is 2. The summed E-state index contributed by atoms with van der Waals surface area (Å²) in [6, 6.07) is 4.78. The monoisotopic (exact) mass is 462 g/mol. The van der Waals surface area contributed by atoms with Crippen molar-refractivity contribution in [1.29, 1.82) is 0 Å². The number of fused-ring (bicyclic) bond motifs is 1. The molecular weight excluding hydrogens is 442 g/mol. The van der Waals surface area contributed by atoms with Crippen LogP contribution in [0.15, 0.2) is 55.5 Å². The van der Waals surface area contributed by atoms with Crippen LogP contribution in [-0.4, -0.2) is 19.9 Å². The van der Waals surface area contributed by atoms with Gasteiger partial charge >= 0.3 is 0 Å². The van der Waals surface area contributed by atoms with Gasteiger partial charge in [0.15, 0.2) is 5.13 Å². The molecule has 0 saturated heterocycles. The van der Waals surface area contributed by atoms with E-state index >= 15 is 4.39 Å². The first-order valence-electron chi connectivity index (χ1n) is 10.2. The summed E-state index contributed by atoms with van der Waals surface area (Å²) < 4.78 is 29.4. The average molecular weight is 463 g/mol. The van der Waals surface area contributed by atoms with E-state index < -0.39 is 11.4 Å². The number of rotatable bonds is 5. The highest BCUT2D eigenvalue weighted by molar-refractivity contribution is 7.11. The molecule has 4 aromatic rings. The van der Waals surface area contributed by atoms with E-state index in [2.05, 4.69) is 26.8 Å². The Bertz CT molecular complexity index is 1440. The Morgan fingerprint density at radius 2 is 2.06 bits per heavy atom. The molecule has 6 nitrogen and oxygen atoms in total. The molecule has 0 aromatic carbocycles. The van der Waals surface area contributed by atoms with Crippen LogP contribution < -0.4 is 11.1 Å². The molecule has 0 saturated carbocycles. The number of hydrogen-bond acceptors (Lipinski definition) is 6. The summed E-state index contributed by atoms with van der Waals surface area (Å²) in [4.78, 5) is 17.2. The summed E-state index contributed by atoms with van der Waals surface area (Å²) in [6.07, 6.45) is 7.94. The molecule has 33 heavy (non-hydrogen) atoms. The Morgan fingerprint density at radius 3 is 2.76 bits per heavy atom. The van der Waals surface area contributed by atoms with Gasteiger partial charge in [0.1, 0.15) is 23.0 Å². The fourth-order valence-corrected chi connectivity index (χ4v) is 4.83. The minimum absolute atomic E-state index is 0.286. The minimum Gasteiger partial charge on any atom is -0.397 e. The number of aromatic nitrogens is 4. The summed E-state index contributed by atoms with van der Waals surface area (Å²) in [7, 11) is 0. The van der Waals surface area contributed by atoms with Crippen LogP contribution in [0.5, 0.6) is 0 Å². The van der Waals surface area contributed by atoms with Crippen molar-refractivity contribution in [3.8, 4) is 11.1 Å². The van der Waals surface area contributed by atoms with Gasteiger partial charge in [0.2, 0.25) is 0 Å². The predicted octanol–water partition coefficient (Wildman–Crippen LogP) is 5.40. The lowest BCUT2D eigenvalue weighted by Gasteiger charge is -2.41. The van der Waals surface area contributed by atoms with Crippen molar-refractivity contribution in [1.82, 2.24) is 19.9 Å². The van der Waals surface area contributed by atoms with Crippen LogP contribution in [0, 0.1) is 17.9 Å². The molecule has 4 N–H and O–H groups in total. The summed E-state index contributed by atoms with van der Waals surface area (Å²) >= 11 is 1.03. The largest absolute Gasteiger partial charge is 0.397 e. The van der Waals surface area contributed by atoms with Crippen molar-refractivity contribution in [2.24, 2.45) is 0 Å². The summed E-state index contributed by atoms with van der Waals surface area (Å²) in [5, 5.41) is 2.93. The summed E-state index contributed by atoms with van der Waals surface area (Å²) in [6.45, 7) is 7.48. The highest BCUT2D eigenvalue weighted by Gasteiger charge is 2.47. The number of allylic oxidation sites excluding steroid dienone is 2. The number of pyridine rings is 2. The Morgan fingerprint density at radius 1 is 1.24 bits per heavy atom. The van der Waals surface area contributed by atoms with Crippen LogP contribution in [0.1, 0.15) is 34.6 Å². The van der Waals surface area contributed by atoms with E-state index in [1.165, 1.54) is 18.5 Å². The van der Waals surface area contributed by atoms with Gasteiger partial charge in [-0.25, -0.2) is 14.4 Å². The molecule has 0 amide bonds. The van der Waals surface area contributed by atoms with Crippen molar-refractivity contribution in [2.45, 2.75) is 19.4 Å². The van der Waals surface area contributed by atoms with Crippen LogP contribution in [0.4, 0.5) is 20.3 Å². The number of hydrogen-bond donors (Lipinski definition) is 3. The van der Waals surface area contributed by atoms with Gasteiger partial charge in [0.25, 0.3) is 0 Å². The van der Waals surface area contributed by atoms with Crippen LogP contribution in [0.3, 0.4) is 0 Å². The molecule has 0 spiro atoms. The molecule has 5 rings (SSSR count). The van der Waals surface area contributed by atoms with Gasteiger partial charge < -0.3 is 16.0 Å². The van der Waals surface area contributed by atoms with Crippen molar-refractivity contribution in [2.75, 3.05) is 11.1 Å². The lowest BCUT2D eigenvalue weighted by molar-refractivity contribution is 0.503. The Labute approximate surface area is 193 Å². The van der Waals surface area contributed by atoms with Crippen molar-refractivity contribution >= 4 is 28.4 Å². The Kier molecular flexibility index (Phi) is 4.86. The molecule has 0 aliphatic carbocycles. The molecule has 1 unspecified atom stereocenters. The fourth-order valence-electron chi connectivity index (χ4n) is 4.07. The maximum atomic E-state index is 15.7. The van der Waals surface area contributed by atoms with Gasteiger partial charge in [-0.3, -0.25) is 4.98 Å². The van der Waals surface area contributed by atoms with E-state index in [0.717, 1.165) is 27.5 Å². The second-order valence-electron chi connectivity index (χ2n) is 7.95. The van der Waals surface area contributed by atoms with Gasteiger partial charge in [0, 0.05) is 45.9 Å². The second-order valence-corrected chi connectivity index (χ2v) is 8.98. The van der Waals surface area contributed by atoms with Crippen LogP contribution in [0.25, 0.3) is 16.7 Å². The van der Waals surface area contributed by atoms with Crippen molar-refractivity contribution in [3.63, 3.8) is 0 Å². The molecule has 1 aliphatic heterocycles. The standard InChI is InChI=1S/C24H20F2N6S/c1-4-5-15(17-6-7-18(25)33-17)21-12(2)30-23(31-21)24(3)19-20(26)16(11-29-22(19)32-24)13-8-14(27)10-28-9-13/h4-11H,1,27H2,2-3H3,(H,29,32)(H,30,31)/b15-5-. The fraction of sp³-hybridized carbons (Fsp3) is 0.125. The van der Waals surface area contributed by atoms with E-state index in [-0.39, 0.29) is 5.13 Å². The predicted molar refractivity (Wildman–Crippen MR) is 127 cm³/mol. The number of nitrogen functional groups attached to an aromatic ring is 1. The number of nitrogens with zero attached hydrogens (tertiary/aromatic N) is 3. The molecule has 5 heterocycles. The first-order valence-corrected chi connectivity index (χ1v) is 11.0. The highest BCUT2D eigenvalue weighted by Crippen LogP contribution is 2.47. The molecule has 4 aromatic heterocycles. The van der Waals surface area contributed by atoms with E-state index in [0.29, 0.717) is 39.7 Å². The third-order valence-electron chi connectivity index (χ3n) is 5.69. The van der Waals surface area contributed by atoms with Crippen LogP contribution in [-0.2, 0) is 5.54 Å². The molecule has 0 bridgehead atoms. The summed E-state index contributed by atoms with van der Waals surface area (Å²) in [5.74, 6) is 0.567. The van der Waals surface area contributed by atoms with E-state index in [9.17, 15) is 4.39 Å². The Balaban J connectivity index is 1.59. The maximum Gasteiger partial charge on any atom is 0.176 e. The Hall–Kier alpha value is -3.85. The molecule has 0 fully saturated rings. The number of imidazole rings is 1.